The van der Waals surface area contributed by atoms with Crippen molar-refractivity contribution >= 4 is 22.4 Å². The molecule has 1 N–H and O–H groups in total. The van der Waals surface area contributed by atoms with Crippen molar-refractivity contribution in [1.29, 1.82) is 0 Å². The minimum Gasteiger partial charge on any atom is -0.481 e. The fourth-order valence-electron chi connectivity index (χ4n) is 3.06. The van der Waals surface area contributed by atoms with Gasteiger partial charge in [0, 0.05) is 25.0 Å². The first-order valence-corrected chi connectivity index (χ1v) is 10.3. The predicted octanol–water partition coefficient (Wildman–Crippen LogP) is 3.81. The van der Waals surface area contributed by atoms with Crippen LogP contribution in [0.5, 0.6) is 5.88 Å². The van der Waals surface area contributed by atoms with E-state index >= 15 is 0 Å². The fourth-order valence-corrected chi connectivity index (χ4v) is 4.75. The van der Waals surface area contributed by atoms with Crippen molar-refractivity contribution in [3.63, 3.8) is 0 Å². The van der Waals surface area contributed by atoms with Crippen LogP contribution in [0, 0.1) is 0 Å². The van der Waals surface area contributed by atoms with E-state index in [0.717, 1.165) is 11.1 Å². The molecule has 3 rings (SSSR count). The highest BCUT2D eigenvalue weighted by molar-refractivity contribution is 7.90. The van der Waals surface area contributed by atoms with Crippen molar-refractivity contribution in [3.05, 3.63) is 84.7 Å². The first-order chi connectivity index (χ1) is 13.5. The molecule has 0 spiro atoms. The molecule has 0 bridgehead atoms. The molecule has 154 valence electrons. The average molecular weight is 434 g/mol. The van der Waals surface area contributed by atoms with E-state index in [1.54, 1.807) is 18.3 Å². The van der Waals surface area contributed by atoms with Gasteiger partial charge < -0.3 is 10.1 Å². The zero-order valence-electron chi connectivity index (χ0n) is 16.3. The zero-order chi connectivity index (χ0) is 20.1. The van der Waals surface area contributed by atoms with Crippen molar-refractivity contribution in [2.45, 2.75) is 11.8 Å². The molecule has 3 aromatic rings. The summed E-state index contributed by atoms with van der Waals surface area (Å²) in [4.78, 5) is 4.13. The van der Waals surface area contributed by atoms with Crippen LogP contribution >= 0.6 is 12.4 Å². The number of methoxy groups -OCH3 is 1. The van der Waals surface area contributed by atoms with E-state index in [2.05, 4.69) is 16.9 Å². The quantitative estimate of drug-likeness (QED) is 0.547. The molecule has 0 amide bonds. The van der Waals surface area contributed by atoms with Crippen LogP contribution in [0.3, 0.4) is 0 Å². The largest absolute Gasteiger partial charge is 0.481 e. The summed E-state index contributed by atoms with van der Waals surface area (Å²) in [6, 6.07) is 14.7. The Kier molecular flexibility index (Phi) is 7.61. The van der Waals surface area contributed by atoms with Gasteiger partial charge in [0.1, 0.15) is 5.25 Å². The van der Waals surface area contributed by atoms with Crippen LogP contribution in [0.25, 0.3) is 11.3 Å². The Morgan fingerprint density at radius 1 is 1.24 bits per heavy atom. The topological polar surface area (TPSA) is 73.2 Å². The summed E-state index contributed by atoms with van der Waals surface area (Å²) in [5.74, 6) is 0.422. The summed E-state index contributed by atoms with van der Waals surface area (Å²) in [6.45, 7) is 4.31. The molecule has 2 aromatic heterocycles. The number of ether oxygens (including phenoxy) is 1. The Hall–Kier alpha value is -2.61. The lowest BCUT2D eigenvalue weighted by molar-refractivity contribution is 0.397. The third-order valence-electron chi connectivity index (χ3n) is 4.40. The molecular weight excluding hydrogens is 410 g/mol. The van der Waals surface area contributed by atoms with Gasteiger partial charge in [0.05, 0.1) is 12.8 Å². The van der Waals surface area contributed by atoms with Gasteiger partial charge in [0.2, 0.25) is 15.9 Å². The van der Waals surface area contributed by atoms with Crippen LogP contribution in [0.15, 0.2) is 73.6 Å². The minimum absolute atomic E-state index is 0. The Morgan fingerprint density at radius 2 is 1.97 bits per heavy atom. The maximum Gasteiger partial charge on any atom is 0.249 e. The van der Waals surface area contributed by atoms with Crippen LogP contribution in [0.1, 0.15) is 16.4 Å². The first-order valence-electron chi connectivity index (χ1n) is 8.79. The van der Waals surface area contributed by atoms with E-state index in [9.17, 15) is 8.42 Å². The van der Waals surface area contributed by atoms with Gasteiger partial charge in [-0.3, -0.25) is 0 Å². The monoisotopic (exact) mass is 433 g/mol. The first kappa shape index (κ1) is 22.7. The van der Waals surface area contributed by atoms with E-state index in [1.807, 2.05) is 43.4 Å². The van der Waals surface area contributed by atoms with Crippen LogP contribution in [-0.4, -0.2) is 31.5 Å². The van der Waals surface area contributed by atoms with E-state index in [1.165, 1.54) is 23.4 Å². The number of nitrogens with zero attached hydrogens (tertiary/aromatic N) is 2. The molecule has 0 saturated heterocycles. The number of hydrogen-bond acceptors (Lipinski definition) is 5. The number of halogens is 1. The summed E-state index contributed by atoms with van der Waals surface area (Å²) in [5, 5.41) is 2.12. The molecule has 1 unspecified atom stereocenters. The highest BCUT2D eigenvalue weighted by Gasteiger charge is 2.29. The Morgan fingerprint density at radius 3 is 2.52 bits per heavy atom. The Labute approximate surface area is 177 Å². The minimum atomic E-state index is -3.81. The molecule has 0 radical (unpaired) electrons. The molecule has 0 saturated carbocycles. The van der Waals surface area contributed by atoms with Gasteiger partial charge in [-0.1, -0.05) is 42.5 Å². The summed E-state index contributed by atoms with van der Waals surface area (Å²) < 4.78 is 33.5. The third kappa shape index (κ3) is 4.70. The molecule has 29 heavy (non-hydrogen) atoms. The van der Waals surface area contributed by atoms with Gasteiger partial charge in [0.25, 0.3) is 0 Å². The summed E-state index contributed by atoms with van der Waals surface area (Å²) in [7, 11) is -0.474. The number of hydrogen-bond donors (Lipinski definition) is 1. The standard InChI is InChI=1S/C21H23N3O3S.ClH/c1-4-20(18-10-11-21(27-3)23-14-18)28(25,26)24-15-16(13-22-2)12-19(24)17-8-6-5-7-9-17;/h4-12,14-15,20,22H,1,13H2,2-3H3;1H. The summed E-state index contributed by atoms with van der Waals surface area (Å²) in [6.07, 6.45) is 4.58. The van der Waals surface area contributed by atoms with Crippen molar-refractivity contribution in [3.8, 4) is 17.1 Å². The van der Waals surface area contributed by atoms with Crippen molar-refractivity contribution in [2.24, 2.45) is 0 Å². The summed E-state index contributed by atoms with van der Waals surface area (Å²) >= 11 is 0. The highest BCUT2D eigenvalue weighted by atomic mass is 35.5. The van der Waals surface area contributed by atoms with Crippen molar-refractivity contribution < 1.29 is 13.2 Å². The molecule has 2 heterocycles. The molecular formula is C21H24ClN3O3S. The van der Waals surface area contributed by atoms with Crippen LogP contribution < -0.4 is 10.1 Å². The smallest absolute Gasteiger partial charge is 0.249 e. The number of nitrogens with one attached hydrogen (secondary N) is 1. The Balaban J connectivity index is 0.00000300. The van der Waals surface area contributed by atoms with Crippen molar-refractivity contribution in [2.75, 3.05) is 14.2 Å². The van der Waals surface area contributed by atoms with Gasteiger partial charge >= 0.3 is 0 Å². The maximum atomic E-state index is 13.5. The lowest BCUT2D eigenvalue weighted by atomic mass is 10.1. The van der Waals surface area contributed by atoms with Crippen LogP contribution in [-0.2, 0) is 16.6 Å². The molecule has 0 fully saturated rings. The van der Waals surface area contributed by atoms with E-state index in [4.69, 9.17) is 4.74 Å². The van der Waals surface area contributed by atoms with Gasteiger partial charge in [-0.25, -0.2) is 17.4 Å². The predicted molar refractivity (Wildman–Crippen MR) is 118 cm³/mol. The molecule has 8 heteroatoms. The molecule has 6 nitrogen and oxygen atoms in total. The SMILES string of the molecule is C=CC(c1ccc(OC)nc1)S(=O)(=O)n1cc(CNC)cc1-c1ccccc1.Cl. The fraction of sp³-hybridized carbons (Fsp3) is 0.190. The summed E-state index contributed by atoms with van der Waals surface area (Å²) in [5.41, 5.74) is 2.84. The van der Waals surface area contributed by atoms with E-state index in [-0.39, 0.29) is 12.4 Å². The van der Waals surface area contributed by atoms with E-state index in [0.29, 0.717) is 23.7 Å². The van der Waals surface area contributed by atoms with Gasteiger partial charge in [-0.15, -0.1) is 19.0 Å². The lowest BCUT2D eigenvalue weighted by Gasteiger charge is -2.17. The number of rotatable bonds is 8. The number of aromatic nitrogens is 2. The second-order valence-corrected chi connectivity index (χ2v) is 8.19. The molecule has 0 aliphatic heterocycles. The van der Waals surface area contributed by atoms with Gasteiger partial charge in [-0.2, -0.15) is 0 Å². The lowest BCUT2D eigenvalue weighted by Crippen LogP contribution is -2.20. The third-order valence-corrected chi connectivity index (χ3v) is 6.36. The second-order valence-electron chi connectivity index (χ2n) is 6.26. The Bertz CT molecular complexity index is 1050. The maximum absolute atomic E-state index is 13.5. The second kappa shape index (κ2) is 9.73. The van der Waals surface area contributed by atoms with Gasteiger partial charge in [-0.05, 0) is 29.8 Å². The normalized spacial score (nSPS) is 12.1. The number of benzene rings is 1. The van der Waals surface area contributed by atoms with Crippen LogP contribution in [0.2, 0.25) is 0 Å². The zero-order valence-corrected chi connectivity index (χ0v) is 17.9. The van der Waals surface area contributed by atoms with Crippen LogP contribution in [0.4, 0.5) is 0 Å². The highest BCUT2D eigenvalue weighted by Crippen LogP contribution is 2.31. The molecule has 1 aromatic carbocycles. The number of pyridine rings is 1. The molecule has 0 aliphatic carbocycles. The van der Waals surface area contributed by atoms with Crippen molar-refractivity contribution in [1.82, 2.24) is 14.3 Å². The molecule has 0 aliphatic rings. The van der Waals surface area contributed by atoms with E-state index < -0.39 is 15.3 Å². The van der Waals surface area contributed by atoms with Gasteiger partial charge in [0.15, 0.2) is 0 Å². The molecule has 1 atom stereocenters. The average Bonchev–Trinajstić information content (AvgIpc) is 3.15.